The van der Waals surface area contributed by atoms with E-state index >= 15 is 0 Å². The van der Waals surface area contributed by atoms with Gasteiger partial charge in [-0.1, -0.05) is 70.2 Å². The molecule has 2 aromatic carbocycles. The molecule has 0 saturated carbocycles. The third-order valence-corrected chi connectivity index (χ3v) is 10.7. The van der Waals surface area contributed by atoms with E-state index in [2.05, 4.69) is 41.9 Å². The van der Waals surface area contributed by atoms with E-state index in [9.17, 15) is 43.5 Å². The highest BCUT2D eigenvalue weighted by atomic mass is 16.3. The van der Waals surface area contributed by atoms with Crippen molar-refractivity contribution in [2.24, 2.45) is 56.2 Å². The Kier molecular flexibility index (Phi) is 25.9. The molecule has 0 bridgehead atoms. The van der Waals surface area contributed by atoms with Crippen molar-refractivity contribution in [1.29, 1.82) is 0 Å². The number of carbonyl (C=O) groups excluding carboxylic acids is 8. The van der Waals surface area contributed by atoms with E-state index in [0.717, 1.165) is 4.90 Å². The van der Waals surface area contributed by atoms with Crippen molar-refractivity contribution in [3.8, 4) is 5.75 Å². The molecular formula is C47H75N15O9. The van der Waals surface area contributed by atoms with Crippen molar-refractivity contribution in [1.82, 2.24) is 36.8 Å². The number of hydrogen-bond acceptors (Lipinski definition) is 12. The minimum absolute atomic E-state index is 0.0165. The van der Waals surface area contributed by atoms with Crippen LogP contribution in [0.15, 0.2) is 64.6 Å². The van der Waals surface area contributed by atoms with E-state index < -0.39 is 96.6 Å². The standard InChI is InChI=1S/C47H75N15O9/c1-27(2)21-35(40(49)66)60-42(68)34(14-10-20-55-47(52)53)58-41(67)33(13-9-19-54-46(50)51)59-43(69)36(22-28(3)4)61-44(70)37(24-29-11-7-6-8-12-29)57-38(64)25-56-39(65)26-62(5)45(71)32(48)23-30-15-17-31(63)18-16-30/h6-8,11-12,15-18,27-28,32-37,63H,9-10,13-14,19-26,48H2,1-5H3,(H2,49,66)(H,56,65)(H,57,64)(H,58,67)(H,59,69)(H,60,68)(H,61,70)(H4,50,51,54)(H4,52,53,55)/t32-,33-,34-,35-,36-,37-/m0/s1. The molecule has 0 aliphatic heterocycles. The molecule has 6 atom stereocenters. The normalized spacial score (nSPS) is 13.5. The summed E-state index contributed by atoms with van der Waals surface area (Å²) in [7, 11) is 1.38. The van der Waals surface area contributed by atoms with Gasteiger partial charge in [0.2, 0.25) is 47.3 Å². The number of aliphatic imine (C=N–C) groups is 2. The van der Waals surface area contributed by atoms with Crippen molar-refractivity contribution in [2.45, 2.75) is 115 Å². The number of benzene rings is 2. The summed E-state index contributed by atoms with van der Waals surface area (Å²) in [6.45, 7) is 6.52. The zero-order valence-corrected chi connectivity index (χ0v) is 41.3. The second-order valence-electron chi connectivity index (χ2n) is 18.1. The van der Waals surface area contributed by atoms with Crippen molar-refractivity contribution in [2.75, 3.05) is 33.2 Å². The number of amides is 8. The Labute approximate surface area is 414 Å². The molecule has 2 rings (SSSR count). The van der Waals surface area contributed by atoms with Crippen LogP contribution in [0.2, 0.25) is 0 Å². The van der Waals surface area contributed by atoms with Crippen molar-refractivity contribution in [3.05, 3.63) is 65.7 Å². The fraction of sp³-hybridized carbons (Fsp3) is 0.532. The maximum absolute atomic E-state index is 14.2. The quantitative estimate of drug-likeness (QED) is 0.0206. The number of nitrogens with zero attached hydrogens (tertiary/aromatic N) is 3. The number of phenols is 1. The summed E-state index contributed by atoms with van der Waals surface area (Å²) in [4.78, 5) is 117. The number of primary amides is 1. The lowest BCUT2D eigenvalue weighted by atomic mass is 10.00. The van der Waals surface area contributed by atoms with E-state index in [-0.39, 0.29) is 94.0 Å². The van der Waals surface area contributed by atoms with Crippen molar-refractivity contribution in [3.63, 3.8) is 0 Å². The van der Waals surface area contributed by atoms with E-state index in [1.54, 1.807) is 42.5 Å². The minimum atomic E-state index is -1.30. The van der Waals surface area contributed by atoms with Crippen LogP contribution >= 0.6 is 0 Å². The highest BCUT2D eigenvalue weighted by Gasteiger charge is 2.33. The van der Waals surface area contributed by atoms with Gasteiger partial charge >= 0.3 is 0 Å². The topological polar surface area (TPSA) is 413 Å². The van der Waals surface area contributed by atoms with Gasteiger partial charge in [-0.2, -0.15) is 0 Å². The summed E-state index contributed by atoms with van der Waals surface area (Å²) in [5.41, 5.74) is 35.0. The van der Waals surface area contributed by atoms with Gasteiger partial charge in [0.25, 0.3) is 0 Å². The number of phenolic OH excluding ortho intramolecular Hbond substituents is 1. The SMILES string of the molecule is CC(C)C[C@H](NC(=O)[C@H](CCCN=C(N)N)NC(=O)[C@H](CCCN=C(N)N)NC(=O)[C@H](CC(C)C)NC(=O)[C@H](Cc1ccccc1)NC(=O)CNC(=O)CN(C)C(=O)[C@@H](N)Cc1ccc(O)cc1)C(N)=O. The van der Waals surface area contributed by atoms with Crippen LogP contribution in [-0.4, -0.2) is 139 Å². The van der Waals surface area contributed by atoms with Gasteiger partial charge in [-0.3, -0.25) is 48.3 Å². The highest BCUT2D eigenvalue weighted by Crippen LogP contribution is 2.13. The maximum Gasteiger partial charge on any atom is 0.243 e. The van der Waals surface area contributed by atoms with Gasteiger partial charge in [0.05, 0.1) is 19.1 Å². The van der Waals surface area contributed by atoms with E-state index in [1.807, 2.05) is 27.7 Å². The number of guanidine groups is 2. The van der Waals surface area contributed by atoms with Crippen LogP contribution in [0.5, 0.6) is 5.75 Å². The fourth-order valence-electron chi connectivity index (χ4n) is 7.14. The zero-order chi connectivity index (χ0) is 53.2. The smallest absolute Gasteiger partial charge is 0.243 e. The lowest BCUT2D eigenvalue weighted by molar-refractivity contribution is -0.136. The summed E-state index contributed by atoms with van der Waals surface area (Å²) >= 11 is 0. The van der Waals surface area contributed by atoms with Crippen LogP contribution in [0, 0.1) is 11.8 Å². The lowest BCUT2D eigenvalue weighted by Crippen LogP contribution is -2.59. The van der Waals surface area contributed by atoms with Crippen LogP contribution in [0.25, 0.3) is 0 Å². The van der Waals surface area contributed by atoms with Crippen LogP contribution in [0.4, 0.5) is 0 Å². The molecule has 71 heavy (non-hydrogen) atoms. The average Bonchev–Trinajstić information content (AvgIpc) is 3.29. The first-order chi connectivity index (χ1) is 33.4. The van der Waals surface area contributed by atoms with Gasteiger partial charge in [-0.05, 0) is 80.0 Å². The zero-order valence-electron chi connectivity index (χ0n) is 41.3. The predicted octanol–water partition coefficient (Wildman–Crippen LogP) is -2.81. The number of nitrogens with one attached hydrogen (secondary N) is 6. The molecule has 8 amide bonds. The molecule has 0 spiro atoms. The third-order valence-electron chi connectivity index (χ3n) is 10.7. The number of hydrogen-bond donors (Lipinski definition) is 13. The molecular weight excluding hydrogens is 919 g/mol. The highest BCUT2D eigenvalue weighted by molar-refractivity contribution is 5.97. The van der Waals surface area contributed by atoms with E-state index in [4.69, 9.17) is 34.4 Å². The second kappa shape index (κ2) is 30.9. The largest absolute Gasteiger partial charge is 0.508 e. The molecule has 0 saturated heterocycles. The summed E-state index contributed by atoms with van der Waals surface area (Å²) in [6, 6.07) is 7.86. The summed E-state index contributed by atoms with van der Waals surface area (Å²) in [5.74, 6) is -6.22. The second-order valence-corrected chi connectivity index (χ2v) is 18.1. The summed E-state index contributed by atoms with van der Waals surface area (Å²) in [5, 5.41) is 25.4. The molecule has 0 aromatic heterocycles. The van der Waals surface area contributed by atoms with Gasteiger partial charge < -0.3 is 76.3 Å². The van der Waals surface area contributed by atoms with Crippen LogP contribution in [0.1, 0.15) is 77.3 Å². The number of carbonyl (C=O) groups is 8. The van der Waals surface area contributed by atoms with Gasteiger partial charge in [-0.15, -0.1) is 0 Å². The minimum Gasteiger partial charge on any atom is -0.508 e. The molecule has 0 unspecified atom stereocenters. The number of rotatable bonds is 31. The molecule has 2 aromatic rings. The van der Waals surface area contributed by atoms with E-state index in [0.29, 0.717) is 11.1 Å². The van der Waals surface area contributed by atoms with Gasteiger partial charge in [0.1, 0.15) is 36.0 Å². The first-order valence-electron chi connectivity index (χ1n) is 23.5. The van der Waals surface area contributed by atoms with E-state index in [1.165, 1.54) is 19.2 Å². The molecule has 0 aliphatic rings. The Morgan fingerprint density at radius 3 is 1.52 bits per heavy atom. The fourth-order valence-corrected chi connectivity index (χ4v) is 7.14. The van der Waals surface area contributed by atoms with Crippen LogP contribution < -0.4 is 66.3 Å². The molecule has 392 valence electrons. The van der Waals surface area contributed by atoms with Gasteiger partial charge in [-0.25, -0.2) is 0 Å². The number of nitrogens with two attached hydrogens (primary N) is 6. The Balaban J connectivity index is 2.31. The molecule has 0 radical (unpaired) electrons. The molecule has 0 aliphatic carbocycles. The molecule has 19 N–H and O–H groups in total. The molecule has 24 heteroatoms. The maximum atomic E-state index is 14.2. The van der Waals surface area contributed by atoms with Crippen molar-refractivity contribution < 1.29 is 43.5 Å². The van der Waals surface area contributed by atoms with Gasteiger partial charge in [0.15, 0.2) is 11.9 Å². The van der Waals surface area contributed by atoms with Crippen LogP contribution in [-0.2, 0) is 51.2 Å². The lowest BCUT2D eigenvalue weighted by Gasteiger charge is -2.28. The molecule has 0 fully saturated rings. The number of likely N-dealkylation sites (N-methyl/N-ethyl adjacent to an activating group) is 1. The Bertz CT molecular complexity index is 2130. The number of aromatic hydroxyl groups is 1. The first-order valence-corrected chi connectivity index (χ1v) is 23.5. The Morgan fingerprint density at radius 1 is 0.577 bits per heavy atom. The summed E-state index contributed by atoms with van der Waals surface area (Å²) < 4.78 is 0. The molecule has 0 heterocycles. The Morgan fingerprint density at radius 2 is 1.03 bits per heavy atom. The molecule has 24 nitrogen and oxygen atoms in total. The monoisotopic (exact) mass is 994 g/mol. The van der Waals surface area contributed by atoms with Crippen molar-refractivity contribution >= 4 is 59.2 Å². The predicted molar refractivity (Wildman–Crippen MR) is 268 cm³/mol. The average molecular weight is 994 g/mol. The summed E-state index contributed by atoms with van der Waals surface area (Å²) in [6.07, 6.45) is 0.882. The Hall–Kier alpha value is -7.50. The van der Waals surface area contributed by atoms with Crippen LogP contribution in [0.3, 0.4) is 0 Å². The third kappa shape index (κ3) is 24.1. The first kappa shape index (κ1) is 59.6. The van der Waals surface area contributed by atoms with Gasteiger partial charge in [0, 0.05) is 26.6 Å².